The number of nitrogens with zero attached hydrogens (tertiary/aromatic N) is 2. The second kappa shape index (κ2) is 7.56. The molecule has 1 saturated heterocycles. The zero-order valence-electron chi connectivity index (χ0n) is 13.8. The van der Waals surface area contributed by atoms with Crippen LogP contribution in [0.5, 0.6) is 0 Å². The van der Waals surface area contributed by atoms with E-state index in [4.69, 9.17) is 10.5 Å². The quantitative estimate of drug-likeness (QED) is 0.847. The molecule has 122 valence electrons. The number of nitrogens with two attached hydrogens (primary N) is 1. The first kappa shape index (κ1) is 16.7. The van der Waals surface area contributed by atoms with Crippen LogP contribution < -0.4 is 5.73 Å². The summed E-state index contributed by atoms with van der Waals surface area (Å²) in [4.78, 5) is 16.9. The minimum absolute atomic E-state index is 0.139. The first-order valence-corrected chi connectivity index (χ1v) is 8.42. The Balaban J connectivity index is 1.87. The number of rotatable bonds is 4. The molecule has 0 radical (unpaired) electrons. The van der Waals surface area contributed by atoms with Gasteiger partial charge in [0.05, 0.1) is 18.8 Å². The monoisotopic (exact) mass is 297 g/mol. The maximum atomic E-state index is 12.6. The summed E-state index contributed by atoms with van der Waals surface area (Å²) in [6.45, 7) is 9.13. The molecule has 5 nitrogen and oxygen atoms in total. The van der Waals surface area contributed by atoms with Crippen molar-refractivity contribution in [2.45, 2.75) is 70.7 Å². The van der Waals surface area contributed by atoms with Crippen LogP contribution in [0.2, 0.25) is 0 Å². The number of ether oxygens (including phenoxy) is 1. The lowest BCUT2D eigenvalue weighted by atomic mass is 9.90. The molecule has 2 aliphatic rings. The average molecular weight is 297 g/mol. The zero-order chi connectivity index (χ0) is 15.4. The van der Waals surface area contributed by atoms with Crippen LogP contribution >= 0.6 is 0 Å². The van der Waals surface area contributed by atoms with Crippen molar-refractivity contribution < 1.29 is 9.53 Å². The van der Waals surface area contributed by atoms with E-state index in [0.29, 0.717) is 18.6 Å². The van der Waals surface area contributed by atoms with E-state index in [0.717, 1.165) is 45.3 Å². The van der Waals surface area contributed by atoms with E-state index in [9.17, 15) is 4.79 Å². The van der Waals surface area contributed by atoms with Gasteiger partial charge in [-0.3, -0.25) is 9.69 Å². The lowest BCUT2D eigenvalue weighted by molar-refractivity contribution is -0.145. The molecule has 2 fully saturated rings. The van der Waals surface area contributed by atoms with Crippen LogP contribution in [0.15, 0.2) is 0 Å². The summed E-state index contributed by atoms with van der Waals surface area (Å²) >= 11 is 0. The third kappa shape index (κ3) is 4.66. The van der Waals surface area contributed by atoms with E-state index in [1.807, 2.05) is 18.7 Å². The summed E-state index contributed by atoms with van der Waals surface area (Å²) in [7, 11) is 0. The summed E-state index contributed by atoms with van der Waals surface area (Å²) in [6.07, 6.45) is 4.69. The number of likely N-dealkylation sites (N-methyl/N-ethyl adjacent to an activating group) is 1. The van der Waals surface area contributed by atoms with Crippen LogP contribution in [0.4, 0.5) is 0 Å². The Morgan fingerprint density at radius 3 is 2.29 bits per heavy atom. The molecule has 0 aromatic heterocycles. The van der Waals surface area contributed by atoms with E-state index in [1.54, 1.807) is 0 Å². The molecule has 0 spiro atoms. The summed E-state index contributed by atoms with van der Waals surface area (Å²) in [5, 5.41) is 0. The van der Waals surface area contributed by atoms with Crippen LogP contribution in [0.1, 0.15) is 46.5 Å². The fourth-order valence-electron chi connectivity index (χ4n) is 3.62. The number of amides is 1. The van der Waals surface area contributed by atoms with Gasteiger partial charge in [0.2, 0.25) is 5.91 Å². The molecule has 2 N–H and O–H groups in total. The minimum atomic E-state index is 0.139. The Hall–Kier alpha value is -0.650. The molecular formula is C16H31N3O2. The lowest BCUT2D eigenvalue weighted by Crippen LogP contribution is -2.52. The van der Waals surface area contributed by atoms with Crippen LogP contribution in [0.25, 0.3) is 0 Å². The maximum Gasteiger partial charge on any atom is 0.236 e. The van der Waals surface area contributed by atoms with E-state index in [-0.39, 0.29) is 18.1 Å². The molecule has 2 atom stereocenters. The maximum absolute atomic E-state index is 12.6. The van der Waals surface area contributed by atoms with Crippen molar-refractivity contribution in [3.05, 3.63) is 0 Å². The van der Waals surface area contributed by atoms with E-state index >= 15 is 0 Å². The topological polar surface area (TPSA) is 58.8 Å². The molecule has 1 amide bonds. The van der Waals surface area contributed by atoms with Crippen molar-refractivity contribution in [2.75, 3.05) is 26.2 Å². The summed E-state index contributed by atoms with van der Waals surface area (Å²) in [5.74, 6) is 0.244. The Kier molecular flexibility index (Phi) is 6.02. The van der Waals surface area contributed by atoms with Gasteiger partial charge in [-0.1, -0.05) is 6.92 Å². The molecule has 21 heavy (non-hydrogen) atoms. The lowest BCUT2D eigenvalue weighted by Gasteiger charge is -2.39. The predicted molar refractivity (Wildman–Crippen MR) is 84.1 cm³/mol. The third-order valence-electron chi connectivity index (χ3n) is 4.77. The van der Waals surface area contributed by atoms with Gasteiger partial charge in [-0.2, -0.15) is 0 Å². The third-order valence-corrected chi connectivity index (χ3v) is 4.77. The van der Waals surface area contributed by atoms with Crippen molar-refractivity contribution >= 4 is 5.91 Å². The van der Waals surface area contributed by atoms with Crippen LogP contribution in [0, 0.1) is 0 Å². The average Bonchev–Trinajstić information content (AvgIpc) is 2.44. The predicted octanol–water partition coefficient (Wildman–Crippen LogP) is 1.21. The molecule has 2 unspecified atom stereocenters. The van der Waals surface area contributed by atoms with Gasteiger partial charge in [0.25, 0.3) is 0 Å². The van der Waals surface area contributed by atoms with Gasteiger partial charge < -0.3 is 15.4 Å². The second-order valence-corrected chi connectivity index (χ2v) is 6.69. The Morgan fingerprint density at radius 2 is 1.76 bits per heavy atom. The summed E-state index contributed by atoms with van der Waals surface area (Å²) in [5.41, 5.74) is 5.98. The number of carbonyl (C=O) groups excluding carboxylic acids is 1. The molecule has 1 saturated carbocycles. The van der Waals surface area contributed by atoms with Crippen molar-refractivity contribution in [2.24, 2.45) is 5.73 Å². The first-order valence-electron chi connectivity index (χ1n) is 8.42. The van der Waals surface area contributed by atoms with Crippen molar-refractivity contribution in [1.29, 1.82) is 0 Å². The van der Waals surface area contributed by atoms with Crippen LogP contribution in [-0.2, 0) is 9.53 Å². The molecule has 0 bridgehead atoms. The highest BCUT2D eigenvalue weighted by Gasteiger charge is 2.29. The smallest absolute Gasteiger partial charge is 0.236 e. The normalized spacial score (nSPS) is 34.2. The summed E-state index contributed by atoms with van der Waals surface area (Å²) in [6, 6.07) is 0.881. The number of morpholine rings is 1. The Morgan fingerprint density at radius 1 is 1.19 bits per heavy atom. The molecule has 0 aromatic carbocycles. The fraction of sp³-hybridized carbons (Fsp3) is 0.938. The number of hydrogen-bond donors (Lipinski definition) is 1. The Labute approximate surface area is 128 Å². The highest BCUT2D eigenvalue weighted by molar-refractivity contribution is 5.78. The molecule has 1 aliphatic carbocycles. The van der Waals surface area contributed by atoms with Gasteiger partial charge in [0.15, 0.2) is 0 Å². The number of hydrogen-bond acceptors (Lipinski definition) is 4. The standard InChI is InChI=1S/C16H31N3O2/c1-4-18(15-7-5-14(17)6-8-15)11-16(20)19-9-12(2)21-13(3)10-19/h12-15H,4-11,17H2,1-3H3. The first-order chi connectivity index (χ1) is 9.99. The highest BCUT2D eigenvalue weighted by atomic mass is 16.5. The van der Waals surface area contributed by atoms with Crippen LogP contribution in [0.3, 0.4) is 0 Å². The van der Waals surface area contributed by atoms with Gasteiger partial charge in [0, 0.05) is 25.2 Å². The van der Waals surface area contributed by atoms with Gasteiger partial charge >= 0.3 is 0 Å². The molecule has 0 aromatic rings. The fourth-order valence-corrected chi connectivity index (χ4v) is 3.62. The molecule has 5 heteroatoms. The van der Waals surface area contributed by atoms with Gasteiger partial charge in [-0.05, 0) is 46.1 Å². The van der Waals surface area contributed by atoms with E-state index < -0.39 is 0 Å². The highest BCUT2D eigenvalue weighted by Crippen LogP contribution is 2.22. The van der Waals surface area contributed by atoms with E-state index in [1.165, 1.54) is 0 Å². The van der Waals surface area contributed by atoms with Gasteiger partial charge in [0.1, 0.15) is 0 Å². The van der Waals surface area contributed by atoms with Crippen LogP contribution in [-0.4, -0.2) is 66.2 Å². The van der Waals surface area contributed by atoms with Crippen molar-refractivity contribution in [1.82, 2.24) is 9.80 Å². The molecule has 1 heterocycles. The second-order valence-electron chi connectivity index (χ2n) is 6.69. The Bertz CT molecular complexity index is 332. The number of carbonyl (C=O) groups is 1. The van der Waals surface area contributed by atoms with Crippen molar-refractivity contribution in [3.63, 3.8) is 0 Å². The van der Waals surface area contributed by atoms with Crippen molar-refractivity contribution in [3.8, 4) is 0 Å². The summed E-state index contributed by atoms with van der Waals surface area (Å²) < 4.78 is 5.70. The minimum Gasteiger partial charge on any atom is -0.372 e. The molecular weight excluding hydrogens is 266 g/mol. The SMILES string of the molecule is CCN(CC(=O)N1CC(C)OC(C)C1)C1CCC(N)CC1. The largest absolute Gasteiger partial charge is 0.372 e. The zero-order valence-corrected chi connectivity index (χ0v) is 13.8. The molecule has 2 rings (SSSR count). The van der Waals surface area contributed by atoms with Gasteiger partial charge in [-0.25, -0.2) is 0 Å². The van der Waals surface area contributed by atoms with Gasteiger partial charge in [-0.15, -0.1) is 0 Å². The van der Waals surface area contributed by atoms with E-state index in [2.05, 4.69) is 11.8 Å². The molecule has 1 aliphatic heterocycles.